The Morgan fingerprint density at radius 1 is 1.08 bits per heavy atom. The van der Waals surface area contributed by atoms with Gasteiger partial charge in [0.2, 0.25) is 0 Å². The number of quaternary nitrogens is 1. The highest BCUT2D eigenvalue weighted by Gasteiger charge is 2.21. The SMILES string of the molecule is COC(=O)c1ccc(CNC(=O)C[NH+]2CCc3ccccc3C2)cc1. The van der Waals surface area contributed by atoms with E-state index in [-0.39, 0.29) is 11.9 Å². The van der Waals surface area contributed by atoms with Crippen molar-refractivity contribution in [3.63, 3.8) is 0 Å². The second-order valence-electron chi connectivity index (χ2n) is 6.34. The monoisotopic (exact) mass is 339 g/mol. The Balaban J connectivity index is 1.48. The van der Waals surface area contributed by atoms with Crippen molar-refractivity contribution in [2.45, 2.75) is 19.5 Å². The van der Waals surface area contributed by atoms with Crippen molar-refractivity contribution in [3.05, 3.63) is 70.8 Å². The van der Waals surface area contributed by atoms with Gasteiger partial charge in [-0.05, 0) is 23.3 Å². The van der Waals surface area contributed by atoms with Crippen LogP contribution in [0.25, 0.3) is 0 Å². The summed E-state index contributed by atoms with van der Waals surface area (Å²) in [6.07, 6.45) is 1.02. The van der Waals surface area contributed by atoms with E-state index in [1.165, 1.54) is 23.1 Å². The minimum Gasteiger partial charge on any atom is -0.465 e. The largest absolute Gasteiger partial charge is 0.465 e. The number of hydrogen-bond donors (Lipinski definition) is 2. The Bertz CT molecular complexity index is 756. The molecule has 2 N–H and O–H groups in total. The van der Waals surface area contributed by atoms with Gasteiger partial charge in [0.05, 0.1) is 19.2 Å². The van der Waals surface area contributed by atoms with Crippen LogP contribution in [0.2, 0.25) is 0 Å². The third kappa shape index (κ3) is 4.45. The molecule has 0 aliphatic carbocycles. The molecule has 1 aliphatic heterocycles. The molecule has 0 aromatic heterocycles. The standard InChI is InChI=1S/C20H22N2O3/c1-25-20(24)17-8-6-15(7-9-17)12-21-19(23)14-22-11-10-16-4-2-3-5-18(16)13-22/h2-9H,10-14H2,1H3,(H,21,23)/p+1. The molecule has 1 amide bonds. The van der Waals surface area contributed by atoms with E-state index in [4.69, 9.17) is 0 Å². The normalized spacial score (nSPS) is 16.0. The van der Waals surface area contributed by atoms with Crippen LogP contribution in [0.4, 0.5) is 0 Å². The Morgan fingerprint density at radius 3 is 2.52 bits per heavy atom. The maximum atomic E-state index is 12.2. The summed E-state index contributed by atoms with van der Waals surface area (Å²) in [5, 5.41) is 2.96. The molecule has 0 saturated heterocycles. The number of methoxy groups -OCH3 is 1. The maximum Gasteiger partial charge on any atom is 0.337 e. The van der Waals surface area contributed by atoms with Crippen LogP contribution in [-0.4, -0.2) is 32.1 Å². The highest BCUT2D eigenvalue weighted by atomic mass is 16.5. The molecule has 1 unspecified atom stereocenters. The summed E-state index contributed by atoms with van der Waals surface area (Å²) < 4.78 is 4.67. The zero-order chi connectivity index (χ0) is 17.6. The molecule has 0 radical (unpaired) electrons. The lowest BCUT2D eigenvalue weighted by Crippen LogP contribution is -3.12. The number of rotatable bonds is 5. The van der Waals surface area contributed by atoms with Gasteiger partial charge in [-0.15, -0.1) is 0 Å². The molecule has 0 saturated carbocycles. The summed E-state index contributed by atoms with van der Waals surface area (Å²) in [5.41, 5.74) is 4.21. The van der Waals surface area contributed by atoms with Gasteiger partial charge in [-0.25, -0.2) is 4.79 Å². The molecule has 1 aliphatic rings. The van der Waals surface area contributed by atoms with E-state index in [1.54, 1.807) is 12.1 Å². The number of hydrogen-bond acceptors (Lipinski definition) is 3. The molecule has 0 fully saturated rings. The molecule has 2 aromatic carbocycles. The van der Waals surface area contributed by atoms with Gasteiger partial charge in [-0.2, -0.15) is 0 Å². The van der Waals surface area contributed by atoms with Crippen molar-refractivity contribution in [1.29, 1.82) is 0 Å². The van der Waals surface area contributed by atoms with Gasteiger partial charge in [0, 0.05) is 18.5 Å². The quantitative estimate of drug-likeness (QED) is 0.790. The minimum absolute atomic E-state index is 0.0476. The second-order valence-corrected chi connectivity index (χ2v) is 6.34. The van der Waals surface area contributed by atoms with Gasteiger partial charge < -0.3 is 15.0 Å². The Kier molecular flexibility index (Phi) is 5.46. The van der Waals surface area contributed by atoms with E-state index in [1.807, 2.05) is 12.1 Å². The number of nitrogens with one attached hydrogen (secondary N) is 2. The molecular formula is C20H23N2O3+. The lowest BCUT2D eigenvalue weighted by Gasteiger charge is -2.25. The van der Waals surface area contributed by atoms with Gasteiger partial charge in [-0.3, -0.25) is 4.79 Å². The van der Waals surface area contributed by atoms with E-state index in [2.05, 4.69) is 34.3 Å². The van der Waals surface area contributed by atoms with E-state index < -0.39 is 0 Å². The van der Waals surface area contributed by atoms with Gasteiger partial charge in [0.25, 0.3) is 5.91 Å². The highest BCUT2D eigenvalue weighted by Crippen LogP contribution is 2.10. The predicted octanol–water partition coefficient (Wildman–Crippen LogP) is 0.731. The summed E-state index contributed by atoms with van der Waals surface area (Å²) >= 11 is 0. The fourth-order valence-corrected chi connectivity index (χ4v) is 3.16. The van der Waals surface area contributed by atoms with Gasteiger partial charge >= 0.3 is 5.97 Å². The van der Waals surface area contributed by atoms with Crippen LogP contribution in [0.3, 0.4) is 0 Å². The number of carbonyl (C=O) groups excluding carboxylic acids is 2. The smallest absolute Gasteiger partial charge is 0.337 e. The number of amides is 1. The lowest BCUT2D eigenvalue weighted by molar-refractivity contribution is -0.908. The topological polar surface area (TPSA) is 59.8 Å². The Morgan fingerprint density at radius 2 is 1.80 bits per heavy atom. The average Bonchev–Trinajstić information content (AvgIpc) is 2.66. The number of carbonyl (C=O) groups is 2. The first-order valence-corrected chi connectivity index (χ1v) is 8.50. The molecule has 5 heteroatoms. The molecule has 1 atom stereocenters. The van der Waals surface area contributed by atoms with Crippen LogP contribution in [0, 0.1) is 0 Å². The van der Waals surface area contributed by atoms with Crippen LogP contribution in [-0.2, 0) is 29.0 Å². The van der Waals surface area contributed by atoms with Crippen molar-refractivity contribution in [1.82, 2.24) is 5.32 Å². The predicted molar refractivity (Wildman–Crippen MR) is 94.2 cm³/mol. The molecule has 1 heterocycles. The first kappa shape index (κ1) is 17.2. The van der Waals surface area contributed by atoms with Crippen molar-refractivity contribution >= 4 is 11.9 Å². The van der Waals surface area contributed by atoms with E-state index in [9.17, 15) is 9.59 Å². The first-order chi connectivity index (χ1) is 12.2. The van der Waals surface area contributed by atoms with Crippen molar-refractivity contribution < 1.29 is 19.2 Å². The van der Waals surface area contributed by atoms with Crippen LogP contribution >= 0.6 is 0 Å². The van der Waals surface area contributed by atoms with Crippen LogP contribution < -0.4 is 10.2 Å². The van der Waals surface area contributed by atoms with Crippen molar-refractivity contribution in [3.8, 4) is 0 Å². The summed E-state index contributed by atoms with van der Waals surface area (Å²) in [4.78, 5) is 24.9. The summed E-state index contributed by atoms with van der Waals surface area (Å²) in [5.74, 6) is -0.309. The fourth-order valence-electron chi connectivity index (χ4n) is 3.16. The fraction of sp³-hybridized carbons (Fsp3) is 0.300. The first-order valence-electron chi connectivity index (χ1n) is 8.50. The molecular weight excluding hydrogens is 316 g/mol. The van der Waals surface area contributed by atoms with Gasteiger partial charge in [0.15, 0.2) is 6.54 Å². The average molecular weight is 339 g/mol. The number of ether oxygens (including phenoxy) is 1. The summed E-state index contributed by atoms with van der Waals surface area (Å²) in [6, 6.07) is 15.5. The zero-order valence-corrected chi connectivity index (χ0v) is 14.4. The maximum absolute atomic E-state index is 12.2. The molecule has 0 spiro atoms. The van der Waals surface area contributed by atoms with Gasteiger partial charge in [0.1, 0.15) is 6.54 Å². The van der Waals surface area contributed by atoms with E-state index >= 15 is 0 Å². The van der Waals surface area contributed by atoms with Crippen molar-refractivity contribution in [2.75, 3.05) is 20.2 Å². The molecule has 2 aromatic rings. The van der Waals surface area contributed by atoms with E-state index in [0.29, 0.717) is 18.7 Å². The molecule has 0 bridgehead atoms. The molecule has 3 rings (SSSR count). The summed E-state index contributed by atoms with van der Waals surface area (Å²) in [7, 11) is 1.36. The molecule has 25 heavy (non-hydrogen) atoms. The third-order valence-corrected chi connectivity index (χ3v) is 4.58. The van der Waals surface area contributed by atoms with Crippen LogP contribution in [0.1, 0.15) is 27.0 Å². The Labute approximate surface area is 147 Å². The molecule has 5 nitrogen and oxygen atoms in total. The molecule has 130 valence electrons. The number of esters is 1. The highest BCUT2D eigenvalue weighted by molar-refractivity contribution is 5.89. The minimum atomic E-state index is -0.357. The van der Waals surface area contributed by atoms with E-state index in [0.717, 1.165) is 25.1 Å². The van der Waals surface area contributed by atoms with Crippen LogP contribution in [0.15, 0.2) is 48.5 Å². The van der Waals surface area contributed by atoms with Crippen molar-refractivity contribution in [2.24, 2.45) is 0 Å². The summed E-state index contributed by atoms with van der Waals surface area (Å²) in [6.45, 7) is 2.83. The zero-order valence-electron chi connectivity index (χ0n) is 14.4. The van der Waals surface area contributed by atoms with Gasteiger partial charge in [-0.1, -0.05) is 36.4 Å². The number of fused-ring (bicyclic) bond motifs is 1. The second kappa shape index (κ2) is 7.94. The lowest BCUT2D eigenvalue weighted by atomic mass is 10.00. The number of benzene rings is 2. The Hall–Kier alpha value is -2.66. The third-order valence-electron chi connectivity index (χ3n) is 4.58. The van der Waals surface area contributed by atoms with Crippen LogP contribution in [0.5, 0.6) is 0 Å².